The first kappa shape index (κ1) is 23.9. The molecule has 1 amide bonds. The number of hydrogen-bond donors (Lipinski definition) is 1. The van der Waals surface area contributed by atoms with Crippen LogP contribution in [0, 0.1) is 6.92 Å². The normalized spacial score (nSPS) is 15.0. The number of hydrogen-bond acceptors (Lipinski definition) is 6. The fourth-order valence-corrected chi connectivity index (χ4v) is 4.66. The minimum absolute atomic E-state index is 0.184. The third-order valence-electron chi connectivity index (χ3n) is 6.56. The highest BCUT2D eigenvalue weighted by Crippen LogP contribution is 2.42. The average Bonchev–Trinajstić information content (AvgIpc) is 3.27. The number of carbonyl (C=O) groups is 1. The molecule has 0 radical (unpaired) electrons. The number of amides is 1. The molecule has 0 saturated carbocycles. The highest BCUT2D eigenvalue weighted by atomic mass is 16.5. The predicted molar refractivity (Wildman–Crippen MR) is 139 cm³/mol. The second-order valence-corrected chi connectivity index (χ2v) is 8.82. The minimum atomic E-state index is -0.269. The van der Waals surface area contributed by atoms with Crippen LogP contribution in [0.25, 0.3) is 11.0 Å². The molecule has 7 heteroatoms. The number of ether oxygens (including phenoxy) is 3. The predicted octanol–water partition coefficient (Wildman–Crippen LogP) is 5.43. The lowest BCUT2D eigenvalue weighted by atomic mass is 9.99. The summed E-state index contributed by atoms with van der Waals surface area (Å²) in [6.45, 7) is 4.69. The van der Waals surface area contributed by atoms with Crippen molar-refractivity contribution in [1.82, 2.24) is 4.90 Å². The molecule has 2 heterocycles. The first-order chi connectivity index (χ1) is 17.6. The number of furan rings is 1. The van der Waals surface area contributed by atoms with E-state index >= 15 is 0 Å². The number of rotatable bonds is 7. The molecule has 7 nitrogen and oxygen atoms in total. The molecular weight excluding hydrogens is 456 g/mol. The Morgan fingerprint density at radius 2 is 1.67 bits per heavy atom. The first-order valence-corrected chi connectivity index (χ1v) is 12.0. The molecule has 0 unspecified atom stereocenters. The summed E-state index contributed by atoms with van der Waals surface area (Å²) in [5.41, 5.74) is 4.04. The molecule has 1 fully saturated rings. The number of carbonyl (C=O) groups excluding carboxylic acids is 1. The van der Waals surface area contributed by atoms with E-state index in [1.54, 1.807) is 14.2 Å². The highest BCUT2D eigenvalue weighted by Gasteiger charge is 2.32. The van der Waals surface area contributed by atoms with Crippen LogP contribution in [0.15, 0.2) is 71.1 Å². The van der Waals surface area contributed by atoms with Crippen LogP contribution in [0.4, 0.5) is 5.69 Å². The van der Waals surface area contributed by atoms with E-state index in [9.17, 15) is 4.79 Å². The molecule has 0 spiro atoms. The van der Waals surface area contributed by atoms with Crippen molar-refractivity contribution >= 4 is 22.6 Å². The zero-order chi connectivity index (χ0) is 25.1. The van der Waals surface area contributed by atoms with Gasteiger partial charge >= 0.3 is 0 Å². The zero-order valence-corrected chi connectivity index (χ0v) is 20.7. The van der Waals surface area contributed by atoms with E-state index in [0.717, 1.165) is 29.6 Å². The van der Waals surface area contributed by atoms with Crippen molar-refractivity contribution in [2.75, 3.05) is 45.8 Å². The Bertz CT molecular complexity index is 1360. The van der Waals surface area contributed by atoms with Gasteiger partial charge in [0.15, 0.2) is 11.5 Å². The van der Waals surface area contributed by atoms with E-state index in [0.29, 0.717) is 47.3 Å². The summed E-state index contributed by atoms with van der Waals surface area (Å²) >= 11 is 0. The van der Waals surface area contributed by atoms with Gasteiger partial charge in [-0.1, -0.05) is 35.9 Å². The lowest BCUT2D eigenvalue weighted by Crippen LogP contribution is -2.39. The molecule has 0 aliphatic carbocycles. The van der Waals surface area contributed by atoms with Crippen molar-refractivity contribution in [1.29, 1.82) is 0 Å². The molecule has 36 heavy (non-hydrogen) atoms. The molecule has 1 saturated heterocycles. The number of nitrogens with one attached hydrogen (secondary N) is 1. The van der Waals surface area contributed by atoms with Crippen molar-refractivity contribution in [2.24, 2.45) is 0 Å². The smallest absolute Gasteiger partial charge is 0.255 e. The summed E-state index contributed by atoms with van der Waals surface area (Å²) in [4.78, 5) is 15.6. The lowest BCUT2D eigenvalue weighted by Gasteiger charge is -2.34. The van der Waals surface area contributed by atoms with Crippen LogP contribution in [0.1, 0.15) is 33.3 Å². The lowest BCUT2D eigenvalue weighted by molar-refractivity contribution is 0.0206. The molecule has 1 aromatic heterocycles. The Kier molecular flexibility index (Phi) is 6.93. The standard InChI is InChI=1S/C29H30N2O5/c1-19-8-10-20(11-9-19)29(32)30-26-22-6-4-5-7-23(22)36-28(26)27(31-14-16-35-17-15-31)21-12-13-24(33-2)25(18-21)34-3/h4-13,18,27H,14-17H2,1-3H3,(H,30,32)/t27-/m0/s1. The van der Waals surface area contributed by atoms with Crippen LogP contribution in [0.2, 0.25) is 0 Å². The van der Waals surface area contributed by atoms with Crippen LogP contribution in [-0.4, -0.2) is 51.3 Å². The molecule has 1 aliphatic rings. The second kappa shape index (κ2) is 10.4. The van der Waals surface area contributed by atoms with Crippen LogP contribution in [0.5, 0.6) is 11.5 Å². The largest absolute Gasteiger partial charge is 0.493 e. The van der Waals surface area contributed by atoms with Crippen molar-refractivity contribution < 1.29 is 23.4 Å². The van der Waals surface area contributed by atoms with Gasteiger partial charge in [-0.25, -0.2) is 0 Å². The zero-order valence-electron chi connectivity index (χ0n) is 20.7. The van der Waals surface area contributed by atoms with E-state index in [2.05, 4.69) is 10.2 Å². The second-order valence-electron chi connectivity index (χ2n) is 8.82. The summed E-state index contributed by atoms with van der Waals surface area (Å²) < 4.78 is 23.2. The quantitative estimate of drug-likeness (QED) is 0.375. The molecule has 1 N–H and O–H groups in total. The van der Waals surface area contributed by atoms with Crippen molar-refractivity contribution in [2.45, 2.75) is 13.0 Å². The summed E-state index contributed by atoms with van der Waals surface area (Å²) in [6.07, 6.45) is 0. The van der Waals surface area contributed by atoms with Gasteiger partial charge in [-0.05, 0) is 48.9 Å². The van der Waals surface area contributed by atoms with Crippen LogP contribution in [0.3, 0.4) is 0 Å². The SMILES string of the molecule is COc1ccc([C@@H](c2oc3ccccc3c2NC(=O)c2ccc(C)cc2)N2CCOCC2)cc1OC. The number of aryl methyl sites for hydroxylation is 1. The third-order valence-corrected chi connectivity index (χ3v) is 6.56. The van der Waals surface area contributed by atoms with E-state index < -0.39 is 0 Å². The van der Waals surface area contributed by atoms with Gasteiger partial charge in [0.2, 0.25) is 0 Å². The Hall–Kier alpha value is -3.81. The van der Waals surface area contributed by atoms with E-state index in [4.69, 9.17) is 18.6 Å². The Balaban J connectivity index is 1.64. The fourth-order valence-electron chi connectivity index (χ4n) is 4.66. The third kappa shape index (κ3) is 4.67. The van der Waals surface area contributed by atoms with Gasteiger partial charge in [0.1, 0.15) is 11.3 Å². The minimum Gasteiger partial charge on any atom is -0.493 e. The number of anilines is 1. The number of benzene rings is 3. The molecular formula is C29H30N2O5. The highest BCUT2D eigenvalue weighted by molar-refractivity contribution is 6.09. The van der Waals surface area contributed by atoms with Gasteiger partial charge in [0.25, 0.3) is 5.91 Å². The van der Waals surface area contributed by atoms with E-state index in [1.165, 1.54) is 0 Å². The van der Waals surface area contributed by atoms with Gasteiger partial charge in [0, 0.05) is 24.0 Å². The Morgan fingerprint density at radius 3 is 2.39 bits per heavy atom. The molecule has 186 valence electrons. The number of fused-ring (bicyclic) bond motifs is 1. The summed E-state index contributed by atoms with van der Waals surface area (Å²) in [5, 5.41) is 4.02. The maximum absolute atomic E-state index is 13.3. The summed E-state index contributed by atoms with van der Waals surface area (Å²) in [5.74, 6) is 1.77. The number of morpholine rings is 1. The maximum Gasteiger partial charge on any atom is 0.255 e. The van der Waals surface area contributed by atoms with Gasteiger partial charge in [-0.15, -0.1) is 0 Å². The van der Waals surface area contributed by atoms with Gasteiger partial charge in [-0.3, -0.25) is 9.69 Å². The van der Waals surface area contributed by atoms with Crippen LogP contribution >= 0.6 is 0 Å². The van der Waals surface area contributed by atoms with Crippen molar-refractivity contribution in [3.63, 3.8) is 0 Å². The van der Waals surface area contributed by atoms with Crippen molar-refractivity contribution in [3.05, 3.63) is 89.2 Å². The molecule has 3 aromatic carbocycles. The monoisotopic (exact) mass is 486 g/mol. The Morgan fingerprint density at radius 1 is 0.944 bits per heavy atom. The molecule has 1 atom stereocenters. The topological polar surface area (TPSA) is 73.2 Å². The van der Waals surface area contributed by atoms with Crippen molar-refractivity contribution in [3.8, 4) is 11.5 Å². The van der Waals surface area contributed by atoms with Gasteiger partial charge in [0.05, 0.1) is 39.2 Å². The average molecular weight is 487 g/mol. The van der Waals surface area contributed by atoms with E-state index in [1.807, 2.05) is 73.7 Å². The summed E-state index contributed by atoms with van der Waals surface area (Å²) in [6, 6.07) is 20.9. The Labute approximate surface area is 210 Å². The van der Waals surface area contributed by atoms with Gasteiger partial charge in [-0.2, -0.15) is 0 Å². The van der Waals surface area contributed by atoms with Gasteiger partial charge < -0.3 is 23.9 Å². The molecule has 4 aromatic rings. The maximum atomic E-state index is 13.3. The van der Waals surface area contributed by atoms with E-state index in [-0.39, 0.29) is 11.9 Å². The number of para-hydroxylation sites is 1. The summed E-state index contributed by atoms with van der Waals surface area (Å²) in [7, 11) is 3.24. The van der Waals surface area contributed by atoms with Crippen LogP contribution in [-0.2, 0) is 4.74 Å². The number of methoxy groups -OCH3 is 2. The molecule has 0 bridgehead atoms. The van der Waals surface area contributed by atoms with Crippen LogP contribution < -0.4 is 14.8 Å². The molecule has 1 aliphatic heterocycles. The molecule has 5 rings (SSSR count). The first-order valence-electron chi connectivity index (χ1n) is 12.0. The fraction of sp³-hybridized carbons (Fsp3) is 0.276. The number of nitrogens with zero attached hydrogens (tertiary/aromatic N) is 1.